The quantitative estimate of drug-likeness (QED) is 0.776. The van der Waals surface area contributed by atoms with Gasteiger partial charge in [-0.15, -0.1) is 10.2 Å². The predicted molar refractivity (Wildman–Crippen MR) is 54.8 cm³/mol. The summed E-state index contributed by atoms with van der Waals surface area (Å²) >= 11 is 0.434. The van der Waals surface area contributed by atoms with Crippen LogP contribution in [0, 0.1) is 0 Å². The van der Waals surface area contributed by atoms with Crippen LogP contribution in [0.3, 0.4) is 0 Å². The first kappa shape index (κ1) is 13.7. The van der Waals surface area contributed by atoms with E-state index in [0.29, 0.717) is 11.3 Å². The highest BCUT2D eigenvalue weighted by Crippen LogP contribution is 2.33. The first-order valence-electron chi connectivity index (χ1n) is 4.53. The number of carbonyl (C=O) groups is 1. The molecule has 0 atom stereocenters. The highest BCUT2D eigenvalue weighted by atomic mass is 32.1. The number of carbonyl (C=O) groups excluding carboxylic acids is 1. The van der Waals surface area contributed by atoms with E-state index in [4.69, 9.17) is 0 Å². The molecule has 0 amide bonds. The zero-order chi connectivity index (χ0) is 13.1. The Hall–Kier alpha value is -1.38. The van der Waals surface area contributed by atoms with Crippen molar-refractivity contribution in [3.63, 3.8) is 0 Å². The average Bonchev–Trinajstić information content (AvgIpc) is 2.74. The summed E-state index contributed by atoms with van der Waals surface area (Å²) in [5.74, 6) is -0.433. The fraction of sp³-hybridized carbons (Fsp3) is 0.625. The number of halogens is 3. The van der Waals surface area contributed by atoms with Crippen LogP contribution in [-0.2, 0) is 15.7 Å². The number of aromatic nitrogens is 2. The van der Waals surface area contributed by atoms with Crippen LogP contribution in [0.25, 0.3) is 0 Å². The minimum Gasteiger partial charge on any atom is -0.469 e. The predicted octanol–water partition coefficient (Wildman–Crippen LogP) is 1.56. The molecule has 0 aliphatic rings. The second-order valence-corrected chi connectivity index (χ2v) is 4.09. The minimum atomic E-state index is -4.49. The van der Waals surface area contributed by atoms with Crippen LogP contribution in [-0.4, -0.2) is 36.9 Å². The maximum absolute atomic E-state index is 12.2. The molecule has 1 aromatic heterocycles. The zero-order valence-electron chi connectivity index (χ0n) is 9.11. The molecule has 0 fully saturated rings. The first-order chi connectivity index (χ1) is 7.84. The smallest absolute Gasteiger partial charge is 0.445 e. The van der Waals surface area contributed by atoms with Crippen LogP contribution >= 0.6 is 11.3 Å². The summed E-state index contributed by atoms with van der Waals surface area (Å²) in [6.45, 7) is 0.221. The van der Waals surface area contributed by atoms with E-state index in [0.717, 1.165) is 0 Å². The molecule has 0 aromatic carbocycles. The van der Waals surface area contributed by atoms with Crippen molar-refractivity contribution in [1.29, 1.82) is 0 Å². The van der Waals surface area contributed by atoms with Crippen LogP contribution < -0.4 is 4.90 Å². The fourth-order valence-electron chi connectivity index (χ4n) is 0.941. The Bertz CT molecular complexity index is 394. The van der Waals surface area contributed by atoms with Gasteiger partial charge in [-0.25, -0.2) is 0 Å². The number of esters is 1. The molecular formula is C8H10F3N3O2S. The minimum absolute atomic E-state index is 0.0773. The summed E-state index contributed by atoms with van der Waals surface area (Å²) < 4.78 is 41.2. The van der Waals surface area contributed by atoms with Gasteiger partial charge in [-0.3, -0.25) is 4.79 Å². The summed E-state index contributed by atoms with van der Waals surface area (Å²) in [7, 11) is 2.78. The molecule has 17 heavy (non-hydrogen) atoms. The molecule has 9 heteroatoms. The number of methoxy groups -OCH3 is 1. The van der Waals surface area contributed by atoms with E-state index in [2.05, 4.69) is 14.9 Å². The molecule has 0 spiro atoms. The van der Waals surface area contributed by atoms with Crippen molar-refractivity contribution < 1.29 is 22.7 Å². The van der Waals surface area contributed by atoms with Crippen LogP contribution in [0.2, 0.25) is 0 Å². The summed E-state index contributed by atoms with van der Waals surface area (Å²) in [5.41, 5.74) is 0. The first-order valence-corrected chi connectivity index (χ1v) is 5.35. The van der Waals surface area contributed by atoms with Gasteiger partial charge >= 0.3 is 12.1 Å². The van der Waals surface area contributed by atoms with Crippen LogP contribution in [0.15, 0.2) is 0 Å². The number of anilines is 1. The fourth-order valence-corrected chi connectivity index (χ4v) is 1.64. The van der Waals surface area contributed by atoms with Crippen molar-refractivity contribution in [2.24, 2.45) is 0 Å². The monoisotopic (exact) mass is 269 g/mol. The van der Waals surface area contributed by atoms with Crippen LogP contribution in [0.1, 0.15) is 11.4 Å². The third-order valence-corrected chi connectivity index (χ3v) is 2.94. The van der Waals surface area contributed by atoms with Gasteiger partial charge in [-0.05, 0) is 0 Å². The van der Waals surface area contributed by atoms with Crippen LogP contribution in [0.4, 0.5) is 18.3 Å². The van der Waals surface area contributed by atoms with Crippen molar-refractivity contribution in [2.45, 2.75) is 12.6 Å². The van der Waals surface area contributed by atoms with Crippen molar-refractivity contribution >= 4 is 22.4 Å². The molecule has 0 radical (unpaired) electrons. The van der Waals surface area contributed by atoms with Gasteiger partial charge in [0.1, 0.15) is 0 Å². The molecule has 0 aliphatic carbocycles. The molecular weight excluding hydrogens is 259 g/mol. The lowest BCUT2D eigenvalue weighted by atomic mass is 10.4. The van der Waals surface area contributed by atoms with Gasteiger partial charge in [0.15, 0.2) is 0 Å². The molecule has 1 aromatic rings. The second kappa shape index (κ2) is 5.30. The number of hydrogen-bond acceptors (Lipinski definition) is 6. The Morgan fingerprint density at radius 3 is 2.59 bits per heavy atom. The van der Waals surface area contributed by atoms with Gasteiger partial charge in [0.05, 0.1) is 13.5 Å². The molecule has 1 heterocycles. The number of nitrogens with zero attached hydrogens (tertiary/aromatic N) is 3. The molecule has 0 N–H and O–H groups in total. The number of alkyl halides is 3. The van der Waals surface area contributed by atoms with E-state index >= 15 is 0 Å². The summed E-state index contributed by atoms with van der Waals surface area (Å²) in [6.07, 6.45) is -4.41. The number of hydrogen-bond donors (Lipinski definition) is 0. The summed E-state index contributed by atoms with van der Waals surface area (Å²) in [6, 6.07) is 0. The molecule has 0 saturated heterocycles. The Morgan fingerprint density at radius 2 is 2.12 bits per heavy atom. The van der Waals surface area contributed by atoms with Crippen molar-refractivity contribution in [3.05, 3.63) is 5.01 Å². The molecule has 0 aliphatic heterocycles. The van der Waals surface area contributed by atoms with E-state index in [-0.39, 0.29) is 18.1 Å². The van der Waals surface area contributed by atoms with Gasteiger partial charge in [0.25, 0.3) is 0 Å². The van der Waals surface area contributed by atoms with Gasteiger partial charge < -0.3 is 9.64 Å². The lowest BCUT2D eigenvalue weighted by molar-refractivity contribution is -0.140. The number of rotatable bonds is 4. The Kier molecular flexibility index (Phi) is 4.27. The third-order valence-electron chi connectivity index (χ3n) is 1.86. The number of ether oxygens (including phenoxy) is 1. The SMILES string of the molecule is COC(=O)CCN(C)c1nnc(C(F)(F)F)s1. The van der Waals surface area contributed by atoms with E-state index in [9.17, 15) is 18.0 Å². The molecule has 1 rings (SSSR count). The summed E-state index contributed by atoms with van der Waals surface area (Å²) in [5, 5.41) is 5.56. The highest BCUT2D eigenvalue weighted by molar-refractivity contribution is 7.15. The highest BCUT2D eigenvalue weighted by Gasteiger charge is 2.36. The molecule has 96 valence electrons. The lowest BCUT2D eigenvalue weighted by Crippen LogP contribution is -2.21. The van der Waals surface area contributed by atoms with Gasteiger partial charge in [-0.1, -0.05) is 11.3 Å². The normalized spacial score (nSPS) is 11.4. The second-order valence-electron chi connectivity index (χ2n) is 3.14. The molecule has 5 nitrogen and oxygen atoms in total. The molecule has 0 bridgehead atoms. The maximum atomic E-state index is 12.2. The Morgan fingerprint density at radius 1 is 1.47 bits per heavy atom. The van der Waals surface area contributed by atoms with Gasteiger partial charge in [0, 0.05) is 13.6 Å². The third kappa shape index (κ3) is 3.84. The van der Waals surface area contributed by atoms with Gasteiger partial charge in [-0.2, -0.15) is 13.2 Å². The van der Waals surface area contributed by atoms with E-state index < -0.39 is 17.2 Å². The summed E-state index contributed by atoms with van der Waals surface area (Å²) in [4.78, 5) is 12.3. The molecule has 0 saturated carbocycles. The van der Waals surface area contributed by atoms with Gasteiger partial charge in [0.2, 0.25) is 10.1 Å². The van der Waals surface area contributed by atoms with Crippen molar-refractivity contribution in [2.75, 3.05) is 25.6 Å². The van der Waals surface area contributed by atoms with E-state index in [1.165, 1.54) is 19.1 Å². The Labute approximate surface area is 99.2 Å². The Balaban J connectivity index is 2.61. The van der Waals surface area contributed by atoms with E-state index in [1.54, 1.807) is 0 Å². The maximum Gasteiger partial charge on any atom is 0.445 e. The molecule has 0 unspecified atom stereocenters. The standard InChI is InChI=1S/C8H10F3N3O2S/c1-14(4-3-5(15)16-2)7-13-12-6(17-7)8(9,10)11/h3-4H2,1-2H3. The van der Waals surface area contributed by atoms with Crippen molar-refractivity contribution in [1.82, 2.24) is 10.2 Å². The lowest BCUT2D eigenvalue weighted by Gasteiger charge is -2.13. The van der Waals surface area contributed by atoms with Crippen LogP contribution in [0.5, 0.6) is 0 Å². The largest absolute Gasteiger partial charge is 0.469 e. The zero-order valence-corrected chi connectivity index (χ0v) is 9.93. The average molecular weight is 269 g/mol. The van der Waals surface area contributed by atoms with Crippen molar-refractivity contribution in [3.8, 4) is 0 Å². The van der Waals surface area contributed by atoms with E-state index in [1.807, 2.05) is 0 Å². The topological polar surface area (TPSA) is 55.3 Å².